The number of benzene rings is 1. The lowest BCUT2D eigenvalue weighted by molar-refractivity contribution is -0.137. The average Bonchev–Trinajstić information content (AvgIpc) is 2.27. The monoisotopic (exact) mass is 274 g/mol. The molecule has 0 heterocycles. The lowest BCUT2D eigenvalue weighted by atomic mass is 10.0. The summed E-state index contributed by atoms with van der Waals surface area (Å²) in [6, 6.07) is 3.43. The van der Waals surface area contributed by atoms with Crippen molar-refractivity contribution in [2.75, 3.05) is 0 Å². The summed E-state index contributed by atoms with van der Waals surface area (Å²) in [7, 11) is 0. The van der Waals surface area contributed by atoms with Crippen molar-refractivity contribution in [3.63, 3.8) is 0 Å². The van der Waals surface area contributed by atoms with Crippen LogP contribution in [0.4, 0.5) is 13.2 Å². The van der Waals surface area contributed by atoms with Crippen LogP contribution in [-0.4, -0.2) is 11.4 Å². The van der Waals surface area contributed by atoms with E-state index in [4.69, 9.17) is 15.9 Å². The zero-order chi connectivity index (χ0) is 14.8. The van der Waals surface area contributed by atoms with E-state index in [1.165, 1.54) is 6.07 Å². The van der Waals surface area contributed by atoms with Crippen LogP contribution in [0.5, 0.6) is 5.75 Å². The van der Waals surface area contributed by atoms with Gasteiger partial charge in [-0.3, -0.25) is 5.41 Å². The van der Waals surface area contributed by atoms with E-state index in [1.54, 1.807) is 13.8 Å². The highest BCUT2D eigenvalue weighted by Crippen LogP contribution is 2.35. The number of alkyl halides is 3. The third-order valence-corrected chi connectivity index (χ3v) is 2.83. The second-order valence-electron chi connectivity index (χ2n) is 4.83. The molecule has 0 spiro atoms. The third-order valence-electron chi connectivity index (χ3n) is 2.83. The highest BCUT2D eigenvalue weighted by Gasteiger charge is 2.35. The lowest BCUT2D eigenvalue weighted by Gasteiger charge is -2.25. The first kappa shape index (κ1) is 15.3. The normalized spacial score (nSPS) is 12.3. The number of hydrogen-bond acceptors (Lipinski definition) is 2. The van der Waals surface area contributed by atoms with E-state index in [2.05, 4.69) is 0 Å². The molecule has 1 rings (SSSR count). The van der Waals surface area contributed by atoms with E-state index in [1.807, 2.05) is 6.92 Å². The van der Waals surface area contributed by atoms with Gasteiger partial charge >= 0.3 is 6.18 Å². The maximum absolute atomic E-state index is 12.9. The van der Waals surface area contributed by atoms with Crippen molar-refractivity contribution in [2.45, 2.75) is 39.0 Å². The van der Waals surface area contributed by atoms with Crippen molar-refractivity contribution in [1.29, 1.82) is 5.41 Å². The van der Waals surface area contributed by atoms with Crippen LogP contribution < -0.4 is 10.5 Å². The summed E-state index contributed by atoms with van der Waals surface area (Å²) in [5, 5.41) is 7.18. The van der Waals surface area contributed by atoms with Crippen molar-refractivity contribution in [3.8, 4) is 5.75 Å². The Kier molecular flexibility index (Phi) is 4.12. The number of rotatable bonds is 4. The van der Waals surface area contributed by atoms with Gasteiger partial charge in [0, 0.05) is 5.56 Å². The Bertz CT molecular complexity index is 481. The van der Waals surface area contributed by atoms with Crippen LogP contribution in [0.25, 0.3) is 0 Å². The molecule has 0 aliphatic heterocycles. The zero-order valence-electron chi connectivity index (χ0n) is 11.1. The van der Waals surface area contributed by atoms with E-state index >= 15 is 0 Å². The molecule has 3 nitrogen and oxygen atoms in total. The molecule has 19 heavy (non-hydrogen) atoms. The molecule has 0 radical (unpaired) electrons. The number of halogens is 3. The first-order chi connectivity index (χ1) is 8.57. The highest BCUT2D eigenvalue weighted by molar-refractivity contribution is 5.96. The van der Waals surface area contributed by atoms with Gasteiger partial charge in [0.05, 0.1) is 5.56 Å². The van der Waals surface area contributed by atoms with Crippen molar-refractivity contribution >= 4 is 5.84 Å². The van der Waals surface area contributed by atoms with Crippen LogP contribution in [0.2, 0.25) is 0 Å². The molecule has 0 atom stereocenters. The van der Waals surface area contributed by atoms with E-state index in [9.17, 15) is 13.2 Å². The van der Waals surface area contributed by atoms with Gasteiger partial charge in [-0.05, 0) is 38.5 Å². The molecule has 0 aromatic heterocycles. The minimum absolute atomic E-state index is 0.115. The van der Waals surface area contributed by atoms with Crippen LogP contribution in [0, 0.1) is 5.41 Å². The summed E-state index contributed by atoms with van der Waals surface area (Å²) in [5.41, 5.74) is 3.31. The van der Waals surface area contributed by atoms with E-state index in [0.717, 1.165) is 12.1 Å². The van der Waals surface area contributed by atoms with E-state index < -0.39 is 23.2 Å². The predicted octanol–water partition coefficient (Wildman–Crippen LogP) is 3.56. The first-order valence-corrected chi connectivity index (χ1v) is 5.81. The third kappa shape index (κ3) is 3.87. The molecule has 0 aliphatic rings. The second-order valence-corrected chi connectivity index (χ2v) is 4.83. The van der Waals surface area contributed by atoms with Gasteiger partial charge < -0.3 is 10.5 Å². The highest BCUT2D eigenvalue weighted by atomic mass is 19.4. The Morgan fingerprint density at radius 3 is 2.32 bits per heavy atom. The fourth-order valence-electron chi connectivity index (χ4n) is 1.45. The summed E-state index contributed by atoms with van der Waals surface area (Å²) < 4.78 is 44.2. The molecule has 0 aliphatic carbocycles. The SMILES string of the molecule is CCC(C)(C)Oc1ccc(C(=N)N)c(C(F)(F)F)c1. The van der Waals surface area contributed by atoms with Crippen LogP contribution in [0.3, 0.4) is 0 Å². The largest absolute Gasteiger partial charge is 0.488 e. The molecule has 0 saturated heterocycles. The molecule has 1 aromatic carbocycles. The lowest BCUT2D eigenvalue weighted by Crippen LogP contribution is -2.27. The van der Waals surface area contributed by atoms with Crippen LogP contribution in [0.1, 0.15) is 38.3 Å². The Balaban J connectivity index is 3.23. The van der Waals surface area contributed by atoms with Crippen LogP contribution in [0.15, 0.2) is 18.2 Å². The summed E-state index contributed by atoms with van der Waals surface area (Å²) in [6.07, 6.45) is -3.92. The Morgan fingerprint density at radius 2 is 1.89 bits per heavy atom. The van der Waals surface area contributed by atoms with Gasteiger partial charge in [-0.25, -0.2) is 0 Å². The molecule has 1 aromatic rings. The van der Waals surface area contributed by atoms with Gasteiger partial charge in [0.1, 0.15) is 17.2 Å². The molecule has 0 unspecified atom stereocenters. The number of amidine groups is 1. The van der Waals surface area contributed by atoms with Gasteiger partial charge in [0.2, 0.25) is 0 Å². The molecule has 0 bridgehead atoms. The quantitative estimate of drug-likeness (QED) is 0.651. The smallest absolute Gasteiger partial charge is 0.417 e. The molecule has 0 amide bonds. The number of nitrogens with one attached hydrogen (secondary N) is 1. The van der Waals surface area contributed by atoms with Crippen molar-refractivity contribution < 1.29 is 17.9 Å². The minimum atomic E-state index is -4.57. The second kappa shape index (κ2) is 5.11. The fourth-order valence-corrected chi connectivity index (χ4v) is 1.45. The van der Waals surface area contributed by atoms with Gasteiger partial charge in [-0.2, -0.15) is 13.2 Å². The van der Waals surface area contributed by atoms with Gasteiger partial charge in [0.25, 0.3) is 0 Å². The van der Waals surface area contributed by atoms with Crippen LogP contribution >= 0.6 is 0 Å². The Hall–Kier alpha value is -1.72. The molecule has 3 N–H and O–H groups in total. The maximum atomic E-state index is 12.9. The molecular weight excluding hydrogens is 257 g/mol. The predicted molar refractivity (Wildman–Crippen MR) is 67.5 cm³/mol. The Labute approximate surface area is 110 Å². The number of hydrogen-bond donors (Lipinski definition) is 2. The summed E-state index contributed by atoms with van der Waals surface area (Å²) in [4.78, 5) is 0. The molecule has 106 valence electrons. The van der Waals surface area contributed by atoms with Crippen molar-refractivity contribution in [2.24, 2.45) is 5.73 Å². The van der Waals surface area contributed by atoms with E-state index in [0.29, 0.717) is 6.42 Å². The Morgan fingerprint density at radius 1 is 1.32 bits per heavy atom. The fraction of sp³-hybridized carbons (Fsp3) is 0.462. The van der Waals surface area contributed by atoms with Gasteiger partial charge in [0.15, 0.2) is 0 Å². The van der Waals surface area contributed by atoms with Crippen molar-refractivity contribution in [3.05, 3.63) is 29.3 Å². The minimum Gasteiger partial charge on any atom is -0.488 e. The van der Waals surface area contributed by atoms with Gasteiger partial charge in [-0.15, -0.1) is 0 Å². The topological polar surface area (TPSA) is 59.1 Å². The molecular formula is C13H17F3N2O. The standard InChI is InChI=1S/C13H17F3N2O/c1-4-12(2,3)19-8-5-6-9(11(17)18)10(7-8)13(14,15)16/h5-7H,4H2,1-3H3,(H3,17,18). The molecule has 0 saturated carbocycles. The van der Waals surface area contributed by atoms with E-state index in [-0.39, 0.29) is 11.3 Å². The number of nitrogen functional groups attached to an aromatic ring is 1. The summed E-state index contributed by atoms with van der Waals surface area (Å²) >= 11 is 0. The summed E-state index contributed by atoms with van der Waals surface area (Å²) in [5.74, 6) is -0.502. The summed E-state index contributed by atoms with van der Waals surface area (Å²) in [6.45, 7) is 5.47. The number of nitrogens with two attached hydrogens (primary N) is 1. The molecule has 0 fully saturated rings. The van der Waals surface area contributed by atoms with Gasteiger partial charge in [-0.1, -0.05) is 6.92 Å². The average molecular weight is 274 g/mol. The zero-order valence-corrected chi connectivity index (χ0v) is 11.1. The number of ether oxygens (including phenoxy) is 1. The van der Waals surface area contributed by atoms with Crippen molar-refractivity contribution in [1.82, 2.24) is 0 Å². The molecule has 6 heteroatoms. The van der Waals surface area contributed by atoms with Crippen LogP contribution in [-0.2, 0) is 6.18 Å². The maximum Gasteiger partial charge on any atom is 0.417 e. The first-order valence-electron chi connectivity index (χ1n) is 5.81.